The molecule has 0 bridgehead atoms. The molecule has 0 saturated carbocycles. The fourth-order valence-electron chi connectivity index (χ4n) is 4.05. The lowest BCUT2D eigenvalue weighted by molar-refractivity contribution is -0.140. The first kappa shape index (κ1) is 22.1. The Labute approximate surface area is 189 Å². The topological polar surface area (TPSA) is 118 Å². The van der Waals surface area contributed by atoms with Crippen LogP contribution in [0.3, 0.4) is 0 Å². The molecule has 2 heterocycles. The average molecular weight is 449 g/mol. The SMILES string of the molecule is CCOC(=O)C1=C(C)OC(N)=C(C(=O)OCC)C1c1cccc2c(=O)c3ccccc3oc12. The highest BCUT2D eigenvalue weighted by Gasteiger charge is 2.41. The number of benzene rings is 2. The van der Waals surface area contributed by atoms with E-state index in [9.17, 15) is 14.4 Å². The maximum atomic E-state index is 13.2. The van der Waals surface area contributed by atoms with Crippen molar-refractivity contribution < 1.29 is 28.2 Å². The molecule has 170 valence electrons. The van der Waals surface area contributed by atoms with Crippen LogP contribution in [0.5, 0.6) is 0 Å². The van der Waals surface area contributed by atoms with Gasteiger partial charge >= 0.3 is 11.9 Å². The number of allylic oxidation sites excluding steroid dienone is 1. The normalized spacial score (nSPS) is 16.2. The molecule has 2 N–H and O–H groups in total. The molecule has 0 amide bonds. The molecule has 0 fully saturated rings. The van der Waals surface area contributed by atoms with E-state index in [1.807, 2.05) is 0 Å². The molecule has 0 aliphatic carbocycles. The van der Waals surface area contributed by atoms with Gasteiger partial charge in [-0.1, -0.05) is 24.3 Å². The number of fused-ring (bicyclic) bond motifs is 2. The second-order valence-corrected chi connectivity index (χ2v) is 7.38. The number of carbonyl (C=O) groups excluding carboxylic acids is 2. The Hall–Kier alpha value is -4.07. The van der Waals surface area contributed by atoms with Crippen molar-refractivity contribution in [2.45, 2.75) is 26.7 Å². The first-order chi connectivity index (χ1) is 15.9. The molecule has 1 aliphatic rings. The van der Waals surface area contributed by atoms with Gasteiger partial charge in [-0.25, -0.2) is 9.59 Å². The van der Waals surface area contributed by atoms with Crippen LogP contribution in [-0.2, 0) is 23.8 Å². The van der Waals surface area contributed by atoms with Crippen LogP contribution in [-0.4, -0.2) is 25.2 Å². The summed E-state index contributed by atoms with van der Waals surface area (Å²) in [6.45, 7) is 5.10. The third kappa shape index (κ3) is 3.73. The predicted octanol–water partition coefficient (Wildman–Crippen LogP) is 3.63. The summed E-state index contributed by atoms with van der Waals surface area (Å²) in [6.07, 6.45) is 0. The minimum absolute atomic E-state index is 0.0613. The molecule has 3 aromatic rings. The zero-order chi connectivity index (χ0) is 23.7. The van der Waals surface area contributed by atoms with Gasteiger partial charge < -0.3 is 24.4 Å². The maximum absolute atomic E-state index is 13.2. The van der Waals surface area contributed by atoms with Gasteiger partial charge in [0.1, 0.15) is 22.5 Å². The molecule has 33 heavy (non-hydrogen) atoms. The quantitative estimate of drug-likeness (QED) is 0.463. The molecule has 8 nitrogen and oxygen atoms in total. The van der Waals surface area contributed by atoms with E-state index in [0.717, 1.165) is 0 Å². The van der Waals surface area contributed by atoms with Crippen molar-refractivity contribution >= 4 is 33.9 Å². The van der Waals surface area contributed by atoms with E-state index in [-0.39, 0.29) is 47.0 Å². The molecule has 1 aromatic heterocycles. The van der Waals surface area contributed by atoms with E-state index in [1.165, 1.54) is 0 Å². The lowest BCUT2D eigenvalue weighted by Crippen LogP contribution is -2.30. The van der Waals surface area contributed by atoms with Crippen molar-refractivity contribution in [1.82, 2.24) is 0 Å². The van der Waals surface area contributed by atoms with Crippen molar-refractivity contribution in [3.63, 3.8) is 0 Å². The highest BCUT2D eigenvalue weighted by molar-refractivity contribution is 6.01. The predicted molar refractivity (Wildman–Crippen MR) is 121 cm³/mol. The maximum Gasteiger partial charge on any atom is 0.340 e. The van der Waals surface area contributed by atoms with Gasteiger partial charge in [-0.05, 0) is 39.0 Å². The van der Waals surface area contributed by atoms with Crippen LogP contribution < -0.4 is 11.2 Å². The number of carbonyl (C=O) groups is 2. The van der Waals surface area contributed by atoms with E-state index >= 15 is 0 Å². The lowest BCUT2D eigenvalue weighted by Gasteiger charge is -2.29. The van der Waals surface area contributed by atoms with Gasteiger partial charge in [-0.15, -0.1) is 0 Å². The van der Waals surface area contributed by atoms with E-state index in [0.29, 0.717) is 21.9 Å². The summed E-state index contributed by atoms with van der Waals surface area (Å²) in [5, 5.41) is 0.729. The van der Waals surface area contributed by atoms with Gasteiger partial charge in [0.15, 0.2) is 0 Å². The summed E-state index contributed by atoms with van der Waals surface area (Å²) < 4.78 is 22.1. The van der Waals surface area contributed by atoms with Crippen LogP contribution in [0.1, 0.15) is 32.3 Å². The van der Waals surface area contributed by atoms with Crippen LogP contribution in [0.4, 0.5) is 0 Å². The van der Waals surface area contributed by atoms with Gasteiger partial charge in [0.25, 0.3) is 0 Å². The number of ether oxygens (including phenoxy) is 3. The molecule has 1 aliphatic heterocycles. The molecule has 1 atom stereocenters. The van der Waals surface area contributed by atoms with Crippen molar-refractivity contribution in [3.05, 3.63) is 81.0 Å². The Morgan fingerprint density at radius 2 is 1.58 bits per heavy atom. The monoisotopic (exact) mass is 449 g/mol. The first-order valence-corrected chi connectivity index (χ1v) is 10.6. The largest absolute Gasteiger partial charge is 0.463 e. The summed E-state index contributed by atoms with van der Waals surface area (Å²) in [5.74, 6) is -2.44. The van der Waals surface area contributed by atoms with Crippen molar-refractivity contribution in [2.75, 3.05) is 13.2 Å². The van der Waals surface area contributed by atoms with Crippen LogP contribution >= 0.6 is 0 Å². The fraction of sp³-hybridized carbons (Fsp3) is 0.240. The molecular formula is C25H23NO7. The highest BCUT2D eigenvalue weighted by atomic mass is 16.5. The summed E-state index contributed by atoms with van der Waals surface area (Å²) in [6, 6.07) is 11.8. The molecule has 0 spiro atoms. The van der Waals surface area contributed by atoms with Gasteiger partial charge in [0, 0.05) is 5.56 Å². The van der Waals surface area contributed by atoms with E-state index in [4.69, 9.17) is 24.4 Å². The fourth-order valence-corrected chi connectivity index (χ4v) is 4.05. The summed E-state index contributed by atoms with van der Waals surface area (Å²) in [7, 11) is 0. The highest BCUT2D eigenvalue weighted by Crippen LogP contribution is 2.43. The summed E-state index contributed by atoms with van der Waals surface area (Å²) in [4.78, 5) is 39.1. The third-order valence-electron chi connectivity index (χ3n) is 5.42. The van der Waals surface area contributed by atoms with Crippen molar-refractivity contribution in [2.24, 2.45) is 5.73 Å². The van der Waals surface area contributed by atoms with Gasteiger partial charge in [-0.2, -0.15) is 0 Å². The van der Waals surface area contributed by atoms with E-state index < -0.39 is 17.9 Å². The average Bonchev–Trinajstić information content (AvgIpc) is 2.78. The standard InChI is InChI=1S/C25H23NO7/c1-4-30-24(28)18-13(3)32-23(26)20(25(29)31-5-2)19(18)15-10-8-11-16-21(27)14-9-6-7-12-17(14)33-22(15)16/h6-12,19H,4-5,26H2,1-3H3. The number of esters is 2. The number of nitrogens with two attached hydrogens (primary N) is 1. The van der Waals surface area contributed by atoms with Gasteiger partial charge in [0.2, 0.25) is 11.3 Å². The van der Waals surface area contributed by atoms with Crippen molar-refractivity contribution in [1.29, 1.82) is 0 Å². The lowest BCUT2D eigenvalue weighted by atomic mass is 9.81. The first-order valence-electron chi connectivity index (χ1n) is 10.6. The van der Waals surface area contributed by atoms with Crippen LogP contribution in [0.2, 0.25) is 0 Å². The molecule has 0 saturated heterocycles. The molecule has 4 rings (SSSR count). The van der Waals surface area contributed by atoms with Crippen LogP contribution in [0, 0.1) is 0 Å². The summed E-state index contributed by atoms with van der Waals surface area (Å²) >= 11 is 0. The van der Waals surface area contributed by atoms with E-state index in [2.05, 4.69) is 0 Å². The Bertz CT molecular complexity index is 1360. The Balaban J connectivity index is 2.06. The van der Waals surface area contributed by atoms with E-state index in [1.54, 1.807) is 63.2 Å². The minimum atomic E-state index is -1.02. The molecular weight excluding hydrogens is 426 g/mol. The van der Waals surface area contributed by atoms with Gasteiger partial charge in [-0.3, -0.25) is 4.79 Å². The number of hydrogen-bond acceptors (Lipinski definition) is 8. The van der Waals surface area contributed by atoms with Crippen LogP contribution in [0.15, 0.2) is 74.5 Å². The van der Waals surface area contributed by atoms with Crippen molar-refractivity contribution in [3.8, 4) is 0 Å². The zero-order valence-corrected chi connectivity index (χ0v) is 18.5. The molecule has 1 unspecified atom stereocenters. The zero-order valence-electron chi connectivity index (χ0n) is 18.5. The smallest absolute Gasteiger partial charge is 0.340 e. The van der Waals surface area contributed by atoms with Gasteiger partial charge in [0.05, 0.1) is 35.5 Å². The third-order valence-corrected chi connectivity index (χ3v) is 5.42. The Morgan fingerprint density at radius 1 is 0.939 bits per heavy atom. The molecule has 2 aromatic carbocycles. The second kappa shape index (κ2) is 8.82. The van der Waals surface area contributed by atoms with Crippen LogP contribution in [0.25, 0.3) is 21.9 Å². The molecule has 0 radical (unpaired) electrons. The number of hydrogen-bond donors (Lipinski definition) is 1. The minimum Gasteiger partial charge on any atom is -0.463 e. The summed E-state index contributed by atoms with van der Waals surface area (Å²) in [5.41, 5.74) is 6.91. The molecule has 8 heteroatoms. The number of para-hydroxylation sites is 2. The Kier molecular flexibility index (Phi) is 5.91. The second-order valence-electron chi connectivity index (χ2n) is 7.38. The number of rotatable bonds is 5. The Morgan fingerprint density at radius 3 is 2.27 bits per heavy atom.